The minimum Gasteiger partial charge on any atom is -0.324 e. The van der Waals surface area contributed by atoms with Gasteiger partial charge in [-0.1, -0.05) is 0 Å². The Balaban J connectivity index is 2.52. The molecule has 1 aromatic rings. The summed E-state index contributed by atoms with van der Waals surface area (Å²) in [4.78, 5) is 4.16. The van der Waals surface area contributed by atoms with Crippen molar-refractivity contribution in [3.63, 3.8) is 0 Å². The van der Waals surface area contributed by atoms with Crippen LogP contribution in [0.1, 0.15) is 30.0 Å². The lowest BCUT2D eigenvalue weighted by Crippen LogP contribution is -2.18. The predicted octanol–water partition coefficient (Wildman–Crippen LogP) is 2.02. The zero-order valence-electron chi connectivity index (χ0n) is 6.76. The molecule has 64 valence electrons. The molecule has 1 heterocycles. The van der Waals surface area contributed by atoms with Gasteiger partial charge < -0.3 is 5.73 Å². The molecule has 1 atom stereocenters. The van der Waals surface area contributed by atoms with Crippen molar-refractivity contribution < 1.29 is 0 Å². The Hall–Kier alpha value is -0.160. The first-order valence-electron chi connectivity index (χ1n) is 4.17. The molecule has 0 saturated carbocycles. The number of halogens is 1. The summed E-state index contributed by atoms with van der Waals surface area (Å²) < 4.78 is 1.26. The van der Waals surface area contributed by atoms with Crippen molar-refractivity contribution in [2.75, 3.05) is 0 Å². The summed E-state index contributed by atoms with van der Waals surface area (Å²) >= 11 is 2.34. The molecule has 3 heteroatoms. The molecular formula is C9H11IN2. The molecule has 0 spiro atoms. The van der Waals surface area contributed by atoms with E-state index < -0.39 is 0 Å². The minimum absolute atomic E-state index is 0.218. The second kappa shape index (κ2) is 3.30. The lowest BCUT2D eigenvalue weighted by molar-refractivity contribution is 0.566. The van der Waals surface area contributed by atoms with Crippen LogP contribution in [-0.2, 0) is 6.42 Å². The van der Waals surface area contributed by atoms with Gasteiger partial charge in [0, 0.05) is 22.0 Å². The minimum atomic E-state index is 0.218. The predicted molar refractivity (Wildman–Crippen MR) is 56.8 cm³/mol. The molecule has 0 radical (unpaired) electrons. The van der Waals surface area contributed by atoms with Crippen LogP contribution in [0.4, 0.5) is 0 Å². The Bertz CT molecular complexity index is 299. The Labute approximate surface area is 85.7 Å². The maximum absolute atomic E-state index is 5.97. The molecule has 0 saturated heterocycles. The van der Waals surface area contributed by atoms with Crippen molar-refractivity contribution in [2.45, 2.75) is 25.3 Å². The van der Waals surface area contributed by atoms with Gasteiger partial charge in [-0.25, -0.2) is 0 Å². The van der Waals surface area contributed by atoms with Crippen molar-refractivity contribution >= 4 is 22.6 Å². The summed E-state index contributed by atoms with van der Waals surface area (Å²) in [6, 6.07) is 0.218. The van der Waals surface area contributed by atoms with Gasteiger partial charge in [0.25, 0.3) is 0 Å². The van der Waals surface area contributed by atoms with Gasteiger partial charge in [-0.3, -0.25) is 4.98 Å². The highest BCUT2D eigenvalue weighted by atomic mass is 127. The van der Waals surface area contributed by atoms with E-state index in [0.29, 0.717) is 0 Å². The van der Waals surface area contributed by atoms with E-state index in [9.17, 15) is 0 Å². The first-order valence-corrected chi connectivity index (χ1v) is 5.25. The molecule has 1 aliphatic rings. The number of pyridine rings is 1. The zero-order chi connectivity index (χ0) is 8.55. The topological polar surface area (TPSA) is 38.9 Å². The van der Waals surface area contributed by atoms with Crippen LogP contribution in [0.2, 0.25) is 0 Å². The van der Waals surface area contributed by atoms with Gasteiger partial charge in [-0.2, -0.15) is 0 Å². The maximum atomic E-state index is 5.97. The van der Waals surface area contributed by atoms with Gasteiger partial charge in [0.2, 0.25) is 0 Å². The molecule has 0 bridgehead atoms. The standard InChI is InChI=1S/C9H11IN2/c10-8-5-12-4-7-6(8)2-1-3-9(7)11/h4-5,9H,1-3,11H2. The number of hydrogen-bond donors (Lipinski definition) is 1. The van der Waals surface area contributed by atoms with Gasteiger partial charge >= 0.3 is 0 Å². The van der Waals surface area contributed by atoms with Gasteiger partial charge in [-0.05, 0) is 53.0 Å². The normalized spacial score (nSPS) is 22.0. The van der Waals surface area contributed by atoms with Crippen LogP contribution in [0, 0.1) is 3.57 Å². The number of aromatic nitrogens is 1. The van der Waals surface area contributed by atoms with Crippen molar-refractivity contribution in [3.05, 3.63) is 27.1 Å². The fourth-order valence-corrected chi connectivity index (χ4v) is 2.46. The molecule has 0 fully saturated rings. The number of nitrogens with two attached hydrogens (primary N) is 1. The molecule has 1 aliphatic carbocycles. The van der Waals surface area contributed by atoms with E-state index in [-0.39, 0.29) is 6.04 Å². The second-order valence-corrected chi connectivity index (χ2v) is 4.35. The van der Waals surface area contributed by atoms with E-state index in [1.165, 1.54) is 27.5 Å². The molecule has 0 aliphatic heterocycles. The summed E-state index contributed by atoms with van der Waals surface area (Å²) in [7, 11) is 0. The summed E-state index contributed by atoms with van der Waals surface area (Å²) in [5.41, 5.74) is 8.65. The summed E-state index contributed by atoms with van der Waals surface area (Å²) in [6.07, 6.45) is 7.32. The van der Waals surface area contributed by atoms with Crippen molar-refractivity contribution in [1.29, 1.82) is 0 Å². The van der Waals surface area contributed by atoms with Gasteiger partial charge in [0.05, 0.1) is 0 Å². The Morgan fingerprint density at radius 1 is 1.50 bits per heavy atom. The monoisotopic (exact) mass is 274 g/mol. The number of rotatable bonds is 0. The van der Waals surface area contributed by atoms with E-state index in [2.05, 4.69) is 27.6 Å². The number of fused-ring (bicyclic) bond motifs is 1. The second-order valence-electron chi connectivity index (χ2n) is 3.19. The third kappa shape index (κ3) is 1.35. The highest BCUT2D eigenvalue weighted by molar-refractivity contribution is 14.1. The quantitative estimate of drug-likeness (QED) is 0.735. The summed E-state index contributed by atoms with van der Waals surface area (Å²) in [5.74, 6) is 0. The molecule has 0 aromatic carbocycles. The van der Waals surface area contributed by atoms with Crippen LogP contribution in [0.15, 0.2) is 12.4 Å². The van der Waals surface area contributed by atoms with Gasteiger partial charge in [-0.15, -0.1) is 0 Å². The first kappa shape index (κ1) is 8.44. The zero-order valence-corrected chi connectivity index (χ0v) is 8.91. The lowest BCUT2D eigenvalue weighted by atomic mass is 9.90. The average Bonchev–Trinajstić information content (AvgIpc) is 2.07. The molecule has 1 unspecified atom stereocenters. The highest BCUT2D eigenvalue weighted by Crippen LogP contribution is 2.29. The van der Waals surface area contributed by atoms with E-state index in [4.69, 9.17) is 5.73 Å². The van der Waals surface area contributed by atoms with E-state index in [1.54, 1.807) is 0 Å². The molecule has 1 aromatic heterocycles. The first-order chi connectivity index (χ1) is 5.79. The molecule has 12 heavy (non-hydrogen) atoms. The molecular weight excluding hydrogens is 263 g/mol. The van der Waals surface area contributed by atoms with Crippen LogP contribution in [0.3, 0.4) is 0 Å². The van der Waals surface area contributed by atoms with E-state index in [1.807, 2.05) is 12.4 Å². The Morgan fingerprint density at radius 3 is 3.08 bits per heavy atom. The fourth-order valence-electron chi connectivity index (χ4n) is 1.71. The fraction of sp³-hybridized carbons (Fsp3) is 0.444. The van der Waals surface area contributed by atoms with Crippen molar-refractivity contribution in [3.8, 4) is 0 Å². The van der Waals surface area contributed by atoms with E-state index >= 15 is 0 Å². The molecule has 2 rings (SSSR count). The smallest absolute Gasteiger partial charge is 0.0404 e. The third-order valence-corrected chi connectivity index (χ3v) is 3.31. The molecule has 0 amide bonds. The van der Waals surface area contributed by atoms with E-state index in [0.717, 1.165) is 6.42 Å². The summed E-state index contributed by atoms with van der Waals surface area (Å²) in [6.45, 7) is 0. The number of hydrogen-bond acceptors (Lipinski definition) is 2. The van der Waals surface area contributed by atoms with Crippen LogP contribution in [-0.4, -0.2) is 4.98 Å². The average molecular weight is 274 g/mol. The largest absolute Gasteiger partial charge is 0.324 e. The lowest BCUT2D eigenvalue weighted by Gasteiger charge is -2.22. The van der Waals surface area contributed by atoms with Gasteiger partial charge in [0.1, 0.15) is 0 Å². The highest BCUT2D eigenvalue weighted by Gasteiger charge is 2.18. The van der Waals surface area contributed by atoms with Crippen LogP contribution in [0.25, 0.3) is 0 Å². The van der Waals surface area contributed by atoms with Gasteiger partial charge in [0.15, 0.2) is 0 Å². The number of nitrogens with zero attached hydrogens (tertiary/aromatic N) is 1. The molecule has 2 nitrogen and oxygen atoms in total. The maximum Gasteiger partial charge on any atom is 0.0404 e. The van der Waals surface area contributed by atoms with Crippen molar-refractivity contribution in [2.24, 2.45) is 5.73 Å². The van der Waals surface area contributed by atoms with Crippen LogP contribution in [0.5, 0.6) is 0 Å². The van der Waals surface area contributed by atoms with Crippen LogP contribution >= 0.6 is 22.6 Å². The Morgan fingerprint density at radius 2 is 2.33 bits per heavy atom. The Kier molecular flexibility index (Phi) is 2.32. The summed E-state index contributed by atoms with van der Waals surface area (Å²) in [5, 5.41) is 0. The molecule has 2 N–H and O–H groups in total. The third-order valence-electron chi connectivity index (χ3n) is 2.38. The van der Waals surface area contributed by atoms with Crippen molar-refractivity contribution in [1.82, 2.24) is 4.98 Å². The SMILES string of the molecule is NC1CCCc2c(I)cncc21. The van der Waals surface area contributed by atoms with Crippen LogP contribution < -0.4 is 5.73 Å².